The number of rotatable bonds is 9. The molecule has 8 nitrogen and oxygen atoms in total. The maximum Gasteiger partial charge on any atom is 0.329 e. The number of nitrogens with two attached hydrogens (primary N) is 1. The van der Waals surface area contributed by atoms with Gasteiger partial charge in [-0.2, -0.15) is 0 Å². The highest BCUT2D eigenvalue weighted by Crippen LogP contribution is 2.12. The fourth-order valence-electron chi connectivity index (χ4n) is 1.43. The van der Waals surface area contributed by atoms with Gasteiger partial charge in [-0.25, -0.2) is 9.59 Å². The Morgan fingerprint density at radius 2 is 2.00 bits per heavy atom. The third kappa shape index (κ3) is 7.24. The lowest BCUT2D eigenvalue weighted by atomic mass is 9.97. The zero-order valence-electron chi connectivity index (χ0n) is 11.2. The molecule has 0 aliphatic carbocycles. The molecule has 0 spiro atoms. The van der Waals surface area contributed by atoms with Crippen molar-refractivity contribution in [3.63, 3.8) is 0 Å². The first-order valence-corrected chi connectivity index (χ1v) is 5.97. The number of carbonyl (C=O) groups excluding carboxylic acids is 2. The van der Waals surface area contributed by atoms with E-state index in [4.69, 9.17) is 15.6 Å². The van der Waals surface area contributed by atoms with E-state index in [0.29, 0.717) is 12.8 Å². The Hall–Kier alpha value is -1.83. The first-order valence-electron chi connectivity index (χ1n) is 5.97. The molecule has 0 aromatic rings. The standard InChI is InChI=1S/C11H21N3O5/c1-3-4-11(2,9(16)17)14-10(18)13-5-6-19-7-8(12)15/h3-7H2,1-2H3,(H2,12,15)(H,16,17)(H2,13,14,18). The van der Waals surface area contributed by atoms with E-state index in [-0.39, 0.29) is 19.8 Å². The predicted octanol–water partition coefficient (Wildman–Crippen LogP) is -0.569. The van der Waals surface area contributed by atoms with Crippen molar-refractivity contribution in [2.24, 2.45) is 5.73 Å². The largest absolute Gasteiger partial charge is 0.480 e. The summed E-state index contributed by atoms with van der Waals surface area (Å²) < 4.78 is 4.84. The van der Waals surface area contributed by atoms with Crippen LogP contribution in [0.4, 0.5) is 4.79 Å². The van der Waals surface area contributed by atoms with Crippen LogP contribution < -0.4 is 16.4 Å². The second-order valence-corrected chi connectivity index (χ2v) is 4.29. The molecule has 1 unspecified atom stereocenters. The molecule has 0 aliphatic rings. The second-order valence-electron chi connectivity index (χ2n) is 4.29. The summed E-state index contributed by atoms with van der Waals surface area (Å²) in [6.45, 7) is 3.33. The van der Waals surface area contributed by atoms with E-state index in [1.54, 1.807) is 0 Å². The Morgan fingerprint density at radius 3 is 2.47 bits per heavy atom. The number of amides is 3. The van der Waals surface area contributed by atoms with Gasteiger partial charge in [0.15, 0.2) is 0 Å². The summed E-state index contributed by atoms with van der Waals surface area (Å²) in [5, 5.41) is 13.9. The van der Waals surface area contributed by atoms with Gasteiger partial charge in [0.1, 0.15) is 12.1 Å². The first kappa shape index (κ1) is 17.2. The van der Waals surface area contributed by atoms with Crippen LogP contribution in [0.15, 0.2) is 0 Å². The molecule has 3 amide bonds. The number of aliphatic carboxylic acids is 1. The lowest BCUT2D eigenvalue weighted by molar-refractivity contribution is -0.144. The monoisotopic (exact) mass is 275 g/mol. The average Bonchev–Trinajstić information content (AvgIpc) is 2.28. The van der Waals surface area contributed by atoms with E-state index < -0.39 is 23.4 Å². The maximum absolute atomic E-state index is 11.5. The summed E-state index contributed by atoms with van der Waals surface area (Å²) in [5.41, 5.74) is 3.56. The molecule has 5 N–H and O–H groups in total. The molecule has 0 heterocycles. The van der Waals surface area contributed by atoms with Crippen molar-refractivity contribution < 1.29 is 24.2 Å². The average molecular weight is 275 g/mol. The smallest absolute Gasteiger partial charge is 0.329 e. The first-order chi connectivity index (χ1) is 8.81. The third-order valence-electron chi connectivity index (χ3n) is 2.39. The second kappa shape index (κ2) is 8.30. The molecule has 0 saturated heterocycles. The molecule has 0 fully saturated rings. The Balaban J connectivity index is 4.01. The van der Waals surface area contributed by atoms with Crippen LogP contribution in [-0.2, 0) is 14.3 Å². The van der Waals surface area contributed by atoms with E-state index in [2.05, 4.69) is 10.6 Å². The van der Waals surface area contributed by atoms with E-state index in [0.717, 1.165) is 0 Å². The predicted molar refractivity (Wildman–Crippen MR) is 67.5 cm³/mol. The minimum atomic E-state index is -1.30. The molecule has 19 heavy (non-hydrogen) atoms. The van der Waals surface area contributed by atoms with E-state index in [1.165, 1.54) is 6.92 Å². The van der Waals surface area contributed by atoms with Crippen LogP contribution in [0.25, 0.3) is 0 Å². The number of carboxylic acids is 1. The van der Waals surface area contributed by atoms with Crippen LogP contribution in [0.5, 0.6) is 0 Å². The molecular formula is C11H21N3O5. The van der Waals surface area contributed by atoms with Gasteiger partial charge < -0.3 is 26.2 Å². The van der Waals surface area contributed by atoms with E-state index in [9.17, 15) is 14.4 Å². The number of carboxylic acid groups (broad SMARTS) is 1. The molecule has 1 atom stereocenters. The number of primary amides is 1. The molecule has 0 bridgehead atoms. The Kier molecular flexibility index (Phi) is 7.50. The molecule has 0 saturated carbocycles. The lowest BCUT2D eigenvalue weighted by Crippen LogP contribution is -2.55. The van der Waals surface area contributed by atoms with Gasteiger partial charge >= 0.3 is 12.0 Å². The summed E-state index contributed by atoms with van der Waals surface area (Å²) in [4.78, 5) is 32.9. The number of ether oxygens (including phenoxy) is 1. The van der Waals surface area contributed by atoms with Crippen LogP contribution >= 0.6 is 0 Å². The van der Waals surface area contributed by atoms with Crippen molar-refractivity contribution in [1.82, 2.24) is 10.6 Å². The van der Waals surface area contributed by atoms with E-state index >= 15 is 0 Å². The Labute approximate surface area is 111 Å². The zero-order valence-corrected chi connectivity index (χ0v) is 11.2. The van der Waals surface area contributed by atoms with Crippen LogP contribution in [0.2, 0.25) is 0 Å². The van der Waals surface area contributed by atoms with Gasteiger partial charge in [-0.3, -0.25) is 4.79 Å². The molecule has 0 radical (unpaired) electrons. The topological polar surface area (TPSA) is 131 Å². The summed E-state index contributed by atoms with van der Waals surface area (Å²) in [5.74, 6) is -1.68. The van der Waals surface area contributed by atoms with Gasteiger partial charge in [-0.15, -0.1) is 0 Å². The molecular weight excluding hydrogens is 254 g/mol. The maximum atomic E-state index is 11.5. The van der Waals surface area contributed by atoms with Gasteiger partial charge in [0, 0.05) is 6.54 Å². The van der Waals surface area contributed by atoms with Gasteiger partial charge in [0.25, 0.3) is 0 Å². The summed E-state index contributed by atoms with van der Waals surface area (Å²) in [7, 11) is 0. The number of hydrogen-bond acceptors (Lipinski definition) is 4. The lowest BCUT2D eigenvalue weighted by Gasteiger charge is -2.25. The van der Waals surface area contributed by atoms with Gasteiger partial charge in [-0.1, -0.05) is 13.3 Å². The van der Waals surface area contributed by atoms with Crippen molar-refractivity contribution in [3.8, 4) is 0 Å². The number of hydrogen-bond donors (Lipinski definition) is 4. The van der Waals surface area contributed by atoms with Crippen LogP contribution in [0.3, 0.4) is 0 Å². The Bertz CT molecular complexity index is 334. The fourth-order valence-corrected chi connectivity index (χ4v) is 1.43. The minimum absolute atomic E-state index is 0.119. The van der Waals surface area contributed by atoms with Crippen molar-refractivity contribution in [2.75, 3.05) is 19.8 Å². The summed E-state index contributed by atoms with van der Waals surface area (Å²) >= 11 is 0. The molecule has 0 aliphatic heterocycles. The number of carbonyl (C=O) groups is 3. The number of urea groups is 1. The summed E-state index contributed by atoms with van der Waals surface area (Å²) in [6, 6.07) is -0.596. The highest BCUT2D eigenvalue weighted by molar-refractivity contribution is 5.85. The fraction of sp³-hybridized carbons (Fsp3) is 0.727. The van der Waals surface area contributed by atoms with Crippen molar-refractivity contribution in [1.29, 1.82) is 0 Å². The molecule has 8 heteroatoms. The zero-order chi connectivity index (χ0) is 14.9. The highest BCUT2D eigenvalue weighted by Gasteiger charge is 2.33. The van der Waals surface area contributed by atoms with Crippen LogP contribution in [0.1, 0.15) is 26.7 Å². The van der Waals surface area contributed by atoms with Crippen LogP contribution in [-0.4, -0.2) is 48.3 Å². The van der Waals surface area contributed by atoms with Gasteiger partial charge in [-0.05, 0) is 13.3 Å². The van der Waals surface area contributed by atoms with Gasteiger partial charge in [0.05, 0.1) is 6.61 Å². The molecule has 0 aromatic carbocycles. The van der Waals surface area contributed by atoms with E-state index in [1.807, 2.05) is 6.92 Å². The number of nitrogens with one attached hydrogen (secondary N) is 2. The summed E-state index contributed by atoms with van der Waals surface area (Å²) in [6.07, 6.45) is 0.957. The Morgan fingerprint density at radius 1 is 1.37 bits per heavy atom. The van der Waals surface area contributed by atoms with Crippen molar-refractivity contribution >= 4 is 17.9 Å². The van der Waals surface area contributed by atoms with Crippen molar-refractivity contribution in [3.05, 3.63) is 0 Å². The van der Waals surface area contributed by atoms with Crippen molar-refractivity contribution in [2.45, 2.75) is 32.2 Å². The normalized spacial score (nSPS) is 13.4. The molecule has 0 aromatic heterocycles. The highest BCUT2D eigenvalue weighted by atomic mass is 16.5. The van der Waals surface area contributed by atoms with Crippen LogP contribution in [0, 0.1) is 0 Å². The third-order valence-corrected chi connectivity index (χ3v) is 2.39. The molecule has 0 rings (SSSR count). The van der Waals surface area contributed by atoms with Gasteiger partial charge in [0.2, 0.25) is 5.91 Å². The minimum Gasteiger partial charge on any atom is -0.480 e. The SMILES string of the molecule is CCCC(C)(NC(=O)NCCOCC(N)=O)C(=O)O. The quantitative estimate of drug-likeness (QED) is 0.418. The molecule has 110 valence electrons.